The van der Waals surface area contributed by atoms with Gasteiger partial charge in [-0.3, -0.25) is 0 Å². The first-order valence-electron chi connectivity index (χ1n) is 7.64. The molecule has 2 amide bonds. The number of carbonyl (C=O) groups is 1. The van der Waals surface area contributed by atoms with E-state index in [1.807, 2.05) is 11.8 Å². The van der Waals surface area contributed by atoms with Gasteiger partial charge in [0.2, 0.25) is 0 Å². The molecule has 3 nitrogen and oxygen atoms in total. The molecule has 5 heteroatoms. The van der Waals surface area contributed by atoms with Crippen molar-refractivity contribution in [1.29, 1.82) is 0 Å². The Morgan fingerprint density at radius 2 is 2.05 bits per heavy atom. The van der Waals surface area contributed by atoms with Gasteiger partial charge in [-0.05, 0) is 6.42 Å². The van der Waals surface area contributed by atoms with Crippen molar-refractivity contribution in [2.24, 2.45) is 0 Å². The molecule has 19 heavy (non-hydrogen) atoms. The van der Waals surface area contributed by atoms with Crippen molar-refractivity contribution in [1.82, 2.24) is 10.6 Å². The lowest BCUT2D eigenvalue weighted by molar-refractivity contribution is 0.247. The SMILES string of the molecule is CC(C)(C)BCCCCC[C@@H]1SC[C@@H]2NC(=O)N[C@@H]21. The number of carbonyl (C=O) groups excluding carboxylic acids is 1. The number of nitrogens with one attached hydrogen (secondary N) is 2. The third kappa shape index (κ3) is 4.62. The van der Waals surface area contributed by atoms with Crippen LogP contribution in [-0.2, 0) is 0 Å². The van der Waals surface area contributed by atoms with E-state index in [1.165, 1.54) is 39.3 Å². The van der Waals surface area contributed by atoms with Crippen LogP contribution in [0.5, 0.6) is 0 Å². The first-order chi connectivity index (χ1) is 8.96. The summed E-state index contributed by atoms with van der Waals surface area (Å²) >= 11 is 2.03. The summed E-state index contributed by atoms with van der Waals surface area (Å²) in [5, 5.41) is 7.18. The minimum atomic E-state index is 0.0328. The van der Waals surface area contributed by atoms with E-state index in [0.29, 0.717) is 22.6 Å². The normalized spacial score (nSPS) is 29.8. The number of fused-ring (bicyclic) bond motifs is 1. The highest BCUT2D eigenvalue weighted by molar-refractivity contribution is 8.00. The Labute approximate surface area is 122 Å². The van der Waals surface area contributed by atoms with E-state index in [0.717, 1.165) is 5.75 Å². The summed E-state index contributed by atoms with van der Waals surface area (Å²) in [7, 11) is 1.33. The number of amides is 2. The molecule has 0 spiro atoms. The largest absolute Gasteiger partial charge is 0.332 e. The van der Waals surface area contributed by atoms with Crippen LogP contribution in [0, 0.1) is 0 Å². The summed E-state index contributed by atoms with van der Waals surface area (Å²) in [5.41, 5.74) is 0. The topological polar surface area (TPSA) is 41.1 Å². The number of rotatable bonds is 6. The van der Waals surface area contributed by atoms with Crippen molar-refractivity contribution in [3.63, 3.8) is 0 Å². The molecule has 0 aromatic rings. The van der Waals surface area contributed by atoms with E-state index in [9.17, 15) is 4.79 Å². The molecule has 0 bridgehead atoms. The Kier molecular flexibility index (Phi) is 5.10. The second-order valence-corrected chi connectivity index (χ2v) is 8.41. The Morgan fingerprint density at radius 1 is 1.26 bits per heavy atom. The third-order valence-corrected chi connectivity index (χ3v) is 5.61. The fourth-order valence-corrected chi connectivity index (χ4v) is 4.54. The van der Waals surface area contributed by atoms with E-state index >= 15 is 0 Å². The molecule has 0 unspecified atom stereocenters. The van der Waals surface area contributed by atoms with Gasteiger partial charge >= 0.3 is 6.03 Å². The summed E-state index contributed by atoms with van der Waals surface area (Å²) in [5.74, 6) is 1.08. The Balaban J connectivity index is 1.56. The van der Waals surface area contributed by atoms with Crippen LogP contribution in [0.4, 0.5) is 4.79 Å². The summed E-state index contributed by atoms with van der Waals surface area (Å²) in [6.45, 7) is 6.95. The van der Waals surface area contributed by atoms with Gasteiger partial charge < -0.3 is 10.6 Å². The second-order valence-electron chi connectivity index (χ2n) is 7.14. The average molecular weight is 282 g/mol. The minimum absolute atomic E-state index is 0.0328. The first kappa shape index (κ1) is 15.1. The lowest BCUT2D eigenvalue weighted by atomic mass is 9.53. The lowest BCUT2D eigenvalue weighted by Gasteiger charge is -2.17. The molecule has 0 aromatic carbocycles. The van der Waals surface area contributed by atoms with Gasteiger partial charge in [0.1, 0.15) is 7.28 Å². The summed E-state index contributed by atoms with van der Waals surface area (Å²) in [4.78, 5) is 11.3. The van der Waals surface area contributed by atoms with Gasteiger partial charge in [-0.2, -0.15) is 11.8 Å². The number of hydrogen-bond donors (Lipinski definition) is 2. The smallest absolute Gasteiger partial charge is 0.315 e. The molecule has 2 aliphatic heterocycles. The maximum atomic E-state index is 11.3. The molecular formula is C14H27BN2OS. The van der Waals surface area contributed by atoms with Crippen LogP contribution < -0.4 is 10.6 Å². The fraction of sp³-hybridized carbons (Fsp3) is 0.929. The zero-order valence-corrected chi connectivity index (χ0v) is 13.3. The summed E-state index contributed by atoms with van der Waals surface area (Å²) < 4.78 is 0. The van der Waals surface area contributed by atoms with Crippen molar-refractivity contribution in [2.75, 3.05) is 5.75 Å². The fourth-order valence-electron chi connectivity index (χ4n) is 3.00. The van der Waals surface area contributed by atoms with Crippen molar-refractivity contribution in [3.8, 4) is 0 Å². The Bertz CT molecular complexity index is 319. The molecule has 2 rings (SSSR count). The zero-order chi connectivity index (χ0) is 13.9. The molecule has 3 atom stereocenters. The van der Waals surface area contributed by atoms with Crippen LogP contribution >= 0.6 is 11.8 Å². The highest BCUT2D eigenvalue weighted by Gasteiger charge is 2.42. The highest BCUT2D eigenvalue weighted by Crippen LogP contribution is 2.33. The third-order valence-electron chi connectivity index (χ3n) is 4.10. The maximum Gasteiger partial charge on any atom is 0.315 e. The van der Waals surface area contributed by atoms with Crippen LogP contribution in [0.2, 0.25) is 11.6 Å². The van der Waals surface area contributed by atoms with Crippen LogP contribution in [0.3, 0.4) is 0 Å². The quantitative estimate of drug-likeness (QED) is 0.447. The molecule has 2 N–H and O–H groups in total. The first-order valence-corrected chi connectivity index (χ1v) is 8.69. The average Bonchev–Trinajstić information content (AvgIpc) is 2.82. The van der Waals surface area contributed by atoms with Gasteiger partial charge in [0.05, 0.1) is 12.1 Å². The molecule has 0 radical (unpaired) electrons. The van der Waals surface area contributed by atoms with Crippen LogP contribution in [-0.4, -0.2) is 36.4 Å². The molecule has 108 valence electrons. The van der Waals surface area contributed by atoms with E-state index in [1.54, 1.807) is 0 Å². The van der Waals surface area contributed by atoms with Crippen molar-refractivity contribution < 1.29 is 4.79 Å². The Morgan fingerprint density at radius 3 is 2.79 bits per heavy atom. The summed E-state index contributed by atoms with van der Waals surface area (Å²) in [6, 6.07) is 0.793. The van der Waals surface area contributed by atoms with Crippen molar-refractivity contribution in [2.45, 2.75) is 75.4 Å². The predicted molar refractivity (Wildman–Crippen MR) is 85.6 cm³/mol. The molecule has 2 fully saturated rings. The molecule has 0 aliphatic carbocycles. The molecule has 2 saturated heterocycles. The number of urea groups is 1. The predicted octanol–water partition coefficient (Wildman–Crippen LogP) is 2.79. The van der Waals surface area contributed by atoms with Gasteiger partial charge in [0.15, 0.2) is 0 Å². The van der Waals surface area contributed by atoms with Crippen LogP contribution in [0.1, 0.15) is 46.5 Å². The molecule has 0 aromatic heterocycles. The van der Waals surface area contributed by atoms with Gasteiger partial charge in [0, 0.05) is 11.0 Å². The van der Waals surface area contributed by atoms with E-state index in [4.69, 9.17) is 0 Å². The number of unbranched alkanes of at least 4 members (excludes halogenated alkanes) is 2. The van der Waals surface area contributed by atoms with E-state index in [2.05, 4.69) is 31.4 Å². The molecular weight excluding hydrogens is 255 g/mol. The van der Waals surface area contributed by atoms with Crippen molar-refractivity contribution >= 4 is 25.1 Å². The van der Waals surface area contributed by atoms with E-state index in [-0.39, 0.29) is 6.03 Å². The maximum absolute atomic E-state index is 11.3. The molecule has 0 saturated carbocycles. The van der Waals surface area contributed by atoms with Gasteiger partial charge in [0.25, 0.3) is 0 Å². The van der Waals surface area contributed by atoms with Gasteiger partial charge in [-0.1, -0.05) is 51.7 Å². The highest BCUT2D eigenvalue weighted by atomic mass is 32.2. The number of thioether (sulfide) groups is 1. The lowest BCUT2D eigenvalue weighted by Crippen LogP contribution is -2.36. The van der Waals surface area contributed by atoms with E-state index < -0.39 is 0 Å². The van der Waals surface area contributed by atoms with Crippen molar-refractivity contribution in [3.05, 3.63) is 0 Å². The Hall–Kier alpha value is -0.315. The van der Waals surface area contributed by atoms with Gasteiger partial charge in [-0.25, -0.2) is 4.79 Å². The minimum Gasteiger partial charge on any atom is -0.332 e. The molecule has 2 heterocycles. The second kappa shape index (κ2) is 6.42. The van der Waals surface area contributed by atoms with Crippen LogP contribution in [0.25, 0.3) is 0 Å². The zero-order valence-electron chi connectivity index (χ0n) is 12.5. The monoisotopic (exact) mass is 282 g/mol. The standard InChI is InChI=1S/C14H27BN2OS/c1-14(2,3)15-8-6-4-5-7-11-12-10(9-19-11)16-13(18)17-12/h10-12,15H,4-9H2,1-3H3,(H2,16,17,18)/t10-,11-,12-/m0/s1. The summed E-state index contributed by atoms with van der Waals surface area (Å²) in [6.07, 6.45) is 6.61. The van der Waals surface area contributed by atoms with Crippen LogP contribution in [0.15, 0.2) is 0 Å². The number of hydrogen-bond acceptors (Lipinski definition) is 2. The van der Waals surface area contributed by atoms with Gasteiger partial charge in [-0.15, -0.1) is 0 Å². The molecule has 2 aliphatic rings.